The zero-order valence-electron chi connectivity index (χ0n) is 24.5. The molecule has 1 amide bonds. The summed E-state index contributed by atoms with van der Waals surface area (Å²) in [5, 5.41) is 15.0. The average molecular weight is 598 g/mol. The molecule has 2 heterocycles. The van der Waals surface area contributed by atoms with Crippen molar-refractivity contribution in [3.63, 3.8) is 0 Å². The quantitative estimate of drug-likeness (QED) is 0.148. The first-order chi connectivity index (χ1) is 20.5. The number of methoxy groups -OCH3 is 1. The molecule has 0 aliphatic heterocycles. The maximum Gasteiger partial charge on any atom is 0.359 e. The molecule has 0 atom stereocenters. The summed E-state index contributed by atoms with van der Waals surface area (Å²) in [6, 6.07) is 8.10. The lowest BCUT2D eigenvalue weighted by Crippen LogP contribution is -2.46. The van der Waals surface area contributed by atoms with Gasteiger partial charge in [-0.05, 0) is 42.3 Å². The fourth-order valence-electron chi connectivity index (χ4n) is 4.61. The molecule has 0 unspecified atom stereocenters. The Hall–Kier alpha value is -4.62. The van der Waals surface area contributed by atoms with Gasteiger partial charge >= 0.3 is 5.97 Å². The third kappa shape index (κ3) is 7.43. The van der Waals surface area contributed by atoms with Gasteiger partial charge in [0.1, 0.15) is 6.54 Å². The number of amides is 1. The van der Waals surface area contributed by atoms with E-state index in [4.69, 9.17) is 14.6 Å². The number of likely N-dealkylation sites (N-methyl/N-ethyl adjacent to an activating group) is 1. The number of aromatic nitrogens is 3. The number of carboxylic acid groups (broad SMARTS) is 1. The minimum Gasteiger partial charge on any atom is -0.494 e. The number of carboxylic acids is 1. The second-order valence-corrected chi connectivity index (χ2v) is 10.5. The van der Waals surface area contributed by atoms with E-state index in [1.165, 1.54) is 31.6 Å². The van der Waals surface area contributed by atoms with Crippen molar-refractivity contribution in [3.8, 4) is 17.0 Å². The van der Waals surface area contributed by atoms with E-state index < -0.39 is 17.6 Å². The standard InChI is InChI=1S/C30H34F2N6O5/c1-5-19-16-20(6-7-21(19)30(41)34-11-14-43-15-13-38(2,3)18-25(39)40)36-28-29-35-17-23(37(29)12-10-33-28)22-8-9-24(42-4)27(32)26(22)31/h6-10,12,16-17H,5,11,13-15,18H2,1-4H3,(H2-,33,34,36,39,40,41)/p+1. The molecule has 4 rings (SSSR count). The number of nitrogens with one attached hydrogen (secondary N) is 2. The molecular formula is C30H35F2N6O5+. The summed E-state index contributed by atoms with van der Waals surface area (Å²) in [6.45, 7) is 3.47. The van der Waals surface area contributed by atoms with Crippen LogP contribution in [-0.4, -0.2) is 89.9 Å². The smallest absolute Gasteiger partial charge is 0.359 e. The third-order valence-corrected chi connectivity index (χ3v) is 6.90. The molecule has 3 N–H and O–H groups in total. The van der Waals surface area contributed by atoms with Crippen molar-refractivity contribution >= 4 is 29.0 Å². The van der Waals surface area contributed by atoms with Gasteiger partial charge in [-0.2, -0.15) is 4.39 Å². The number of fused-ring (bicyclic) bond motifs is 1. The minimum atomic E-state index is -1.08. The van der Waals surface area contributed by atoms with Gasteiger partial charge in [-0.25, -0.2) is 19.2 Å². The predicted octanol–water partition coefficient (Wildman–Crippen LogP) is 3.90. The van der Waals surface area contributed by atoms with Crippen LogP contribution in [0, 0.1) is 11.6 Å². The maximum absolute atomic E-state index is 14.8. The molecule has 0 aliphatic carbocycles. The van der Waals surface area contributed by atoms with Crippen molar-refractivity contribution < 1.29 is 37.4 Å². The zero-order chi connectivity index (χ0) is 31.1. The lowest BCUT2D eigenvalue weighted by molar-refractivity contribution is -0.883. The molecule has 2 aromatic heterocycles. The Bertz CT molecular complexity index is 1620. The Morgan fingerprint density at radius 3 is 2.60 bits per heavy atom. The van der Waals surface area contributed by atoms with Crippen LogP contribution >= 0.6 is 0 Å². The van der Waals surface area contributed by atoms with E-state index in [0.717, 1.165) is 5.56 Å². The zero-order valence-corrected chi connectivity index (χ0v) is 24.5. The van der Waals surface area contributed by atoms with Crippen molar-refractivity contribution in [3.05, 3.63) is 71.7 Å². The number of halogens is 2. The molecule has 0 aliphatic rings. The Labute approximate surface area is 247 Å². The maximum atomic E-state index is 14.8. The van der Waals surface area contributed by atoms with Gasteiger partial charge in [-0.15, -0.1) is 0 Å². The van der Waals surface area contributed by atoms with Crippen LogP contribution in [-0.2, 0) is 16.0 Å². The fraction of sp³-hybridized carbons (Fsp3) is 0.333. The second kappa shape index (κ2) is 13.6. The molecule has 0 saturated heterocycles. The topological polar surface area (TPSA) is 127 Å². The first-order valence-corrected chi connectivity index (χ1v) is 13.7. The summed E-state index contributed by atoms with van der Waals surface area (Å²) < 4.78 is 41.5. The molecular weight excluding hydrogens is 562 g/mol. The normalized spacial score (nSPS) is 11.5. The highest BCUT2D eigenvalue weighted by atomic mass is 19.2. The minimum absolute atomic E-state index is 0.00396. The number of imidazole rings is 1. The van der Waals surface area contributed by atoms with Gasteiger partial charge in [0, 0.05) is 35.8 Å². The van der Waals surface area contributed by atoms with E-state index in [-0.39, 0.29) is 23.8 Å². The van der Waals surface area contributed by atoms with Crippen molar-refractivity contribution in [1.29, 1.82) is 0 Å². The molecule has 4 aromatic rings. The highest BCUT2D eigenvalue weighted by molar-refractivity contribution is 5.96. The number of aryl methyl sites for hydroxylation is 1. The Morgan fingerprint density at radius 1 is 1.09 bits per heavy atom. The van der Waals surface area contributed by atoms with Gasteiger partial charge in [-0.1, -0.05) is 6.92 Å². The van der Waals surface area contributed by atoms with Crippen LogP contribution < -0.4 is 15.4 Å². The van der Waals surface area contributed by atoms with Crippen LogP contribution in [0.5, 0.6) is 5.75 Å². The van der Waals surface area contributed by atoms with Gasteiger partial charge in [0.25, 0.3) is 5.91 Å². The van der Waals surface area contributed by atoms with Crippen LogP contribution in [0.4, 0.5) is 20.3 Å². The van der Waals surface area contributed by atoms with E-state index in [1.54, 1.807) is 22.7 Å². The summed E-state index contributed by atoms with van der Waals surface area (Å²) in [5.74, 6) is -3.02. The van der Waals surface area contributed by atoms with Gasteiger partial charge < -0.3 is 29.7 Å². The molecule has 0 bridgehead atoms. The lowest BCUT2D eigenvalue weighted by atomic mass is 10.0. The molecule has 0 fully saturated rings. The third-order valence-electron chi connectivity index (χ3n) is 6.90. The van der Waals surface area contributed by atoms with Crippen LogP contribution in [0.15, 0.2) is 48.9 Å². The highest BCUT2D eigenvalue weighted by Crippen LogP contribution is 2.31. The first-order valence-electron chi connectivity index (χ1n) is 13.7. The van der Waals surface area contributed by atoms with E-state index in [2.05, 4.69) is 20.6 Å². The number of hydrogen-bond donors (Lipinski definition) is 3. The van der Waals surface area contributed by atoms with Crippen LogP contribution in [0.3, 0.4) is 0 Å². The lowest BCUT2D eigenvalue weighted by Gasteiger charge is -2.27. The molecule has 2 aromatic carbocycles. The number of nitrogens with zero attached hydrogens (tertiary/aromatic N) is 4. The highest BCUT2D eigenvalue weighted by Gasteiger charge is 2.20. The molecule has 0 spiro atoms. The van der Waals surface area contributed by atoms with Gasteiger partial charge in [0.15, 0.2) is 29.6 Å². The number of hydrogen-bond acceptors (Lipinski definition) is 7. The number of anilines is 2. The van der Waals surface area contributed by atoms with E-state index in [9.17, 15) is 18.4 Å². The molecule has 13 heteroatoms. The molecule has 11 nitrogen and oxygen atoms in total. The monoisotopic (exact) mass is 597 g/mol. The first kappa shape index (κ1) is 31.3. The van der Waals surface area contributed by atoms with E-state index >= 15 is 0 Å². The second-order valence-electron chi connectivity index (χ2n) is 10.5. The molecule has 228 valence electrons. The van der Waals surface area contributed by atoms with Crippen molar-refractivity contribution in [2.24, 2.45) is 0 Å². The van der Waals surface area contributed by atoms with E-state index in [1.807, 2.05) is 27.1 Å². The SMILES string of the molecule is CCc1cc(Nc2nccn3c(-c4ccc(OC)c(F)c4F)cnc23)ccc1C(=O)NCCOCC[N+](C)(C)CC(=O)O. The summed E-state index contributed by atoms with van der Waals surface area (Å²) in [5.41, 5.74) is 2.77. The van der Waals surface area contributed by atoms with E-state index in [0.29, 0.717) is 65.6 Å². The molecule has 0 saturated carbocycles. The largest absolute Gasteiger partial charge is 0.494 e. The van der Waals surface area contributed by atoms with Crippen molar-refractivity contribution in [2.45, 2.75) is 13.3 Å². The number of ether oxygens (including phenoxy) is 2. The summed E-state index contributed by atoms with van der Waals surface area (Å²) >= 11 is 0. The molecule has 43 heavy (non-hydrogen) atoms. The van der Waals surface area contributed by atoms with Gasteiger partial charge in [0.2, 0.25) is 5.82 Å². The van der Waals surface area contributed by atoms with Gasteiger partial charge in [0.05, 0.1) is 46.3 Å². The average Bonchev–Trinajstić information content (AvgIpc) is 3.40. The number of aliphatic carboxylic acids is 1. The number of carbonyl (C=O) groups excluding carboxylic acids is 1. The van der Waals surface area contributed by atoms with Crippen LogP contribution in [0.1, 0.15) is 22.8 Å². The Balaban J connectivity index is 1.41. The van der Waals surface area contributed by atoms with Crippen LogP contribution in [0.2, 0.25) is 0 Å². The summed E-state index contributed by atoms with van der Waals surface area (Å²) in [4.78, 5) is 32.6. The number of quaternary nitrogens is 1. The number of carbonyl (C=O) groups is 2. The Kier molecular flexibility index (Phi) is 9.88. The summed E-state index contributed by atoms with van der Waals surface area (Å²) in [6.07, 6.45) is 5.17. The fourth-order valence-corrected chi connectivity index (χ4v) is 4.61. The number of rotatable bonds is 14. The van der Waals surface area contributed by atoms with Gasteiger partial charge in [-0.3, -0.25) is 9.20 Å². The molecule has 0 radical (unpaired) electrons. The predicted molar refractivity (Wildman–Crippen MR) is 157 cm³/mol. The van der Waals surface area contributed by atoms with Crippen molar-refractivity contribution in [1.82, 2.24) is 19.7 Å². The van der Waals surface area contributed by atoms with Crippen LogP contribution in [0.25, 0.3) is 16.9 Å². The Morgan fingerprint density at radius 2 is 1.88 bits per heavy atom. The summed E-state index contributed by atoms with van der Waals surface area (Å²) in [7, 11) is 4.91. The van der Waals surface area contributed by atoms with Crippen molar-refractivity contribution in [2.75, 3.05) is 59.4 Å². The number of benzene rings is 2.